The summed E-state index contributed by atoms with van der Waals surface area (Å²) in [6, 6.07) is 11.8. The van der Waals surface area contributed by atoms with Crippen LogP contribution >= 0.6 is 20.1 Å². The molecule has 1 saturated heterocycles. The standard InChI is InChI=1S/C28H32ClFN3O7P/c1-16(2)38-27(35)18(4)32-41(40-21-8-5-19(6-9-21)23-10-7-20(29)14-24(23)30)37-15-22-13-17(3)26(39-22)33-12-11-25(34)31-28(33)36/h5-12,14,16-18,22,26,32H,13,15H2,1-4H3,(H,31,34,36)/t17?,18-,22?,26?,41?/m0/s1. The van der Waals surface area contributed by atoms with Crippen molar-refractivity contribution in [2.45, 2.75) is 58.6 Å². The van der Waals surface area contributed by atoms with Crippen molar-refractivity contribution in [2.24, 2.45) is 5.92 Å². The number of hydrogen-bond donors (Lipinski definition) is 2. The molecular weight excluding hydrogens is 576 g/mol. The quantitative estimate of drug-likeness (QED) is 0.226. The number of nitrogens with one attached hydrogen (secondary N) is 2. The zero-order valence-corrected chi connectivity index (χ0v) is 24.7. The highest BCUT2D eigenvalue weighted by molar-refractivity contribution is 7.45. The zero-order valence-electron chi connectivity index (χ0n) is 23.0. The molecule has 0 radical (unpaired) electrons. The Bertz CT molecular complexity index is 1470. The van der Waals surface area contributed by atoms with Gasteiger partial charge in [0.1, 0.15) is 23.8 Å². The number of carbonyl (C=O) groups excluding carboxylic acids is 1. The van der Waals surface area contributed by atoms with Crippen molar-refractivity contribution >= 4 is 26.1 Å². The molecule has 2 N–H and O–H groups in total. The molecule has 4 unspecified atom stereocenters. The van der Waals surface area contributed by atoms with E-state index in [2.05, 4.69) is 10.1 Å². The van der Waals surface area contributed by atoms with Crippen LogP contribution in [0.5, 0.6) is 5.75 Å². The van der Waals surface area contributed by atoms with Gasteiger partial charge in [-0.05, 0) is 63.1 Å². The summed E-state index contributed by atoms with van der Waals surface area (Å²) in [5.41, 5.74) is -0.00790. The van der Waals surface area contributed by atoms with Gasteiger partial charge in [-0.25, -0.2) is 14.3 Å². The number of nitrogens with zero attached hydrogens (tertiary/aromatic N) is 1. The lowest BCUT2D eigenvalue weighted by molar-refractivity contribution is -0.149. The van der Waals surface area contributed by atoms with Gasteiger partial charge in [0.2, 0.25) is 0 Å². The Morgan fingerprint density at radius 1 is 1.20 bits per heavy atom. The smallest absolute Gasteiger partial charge is 0.330 e. The maximum atomic E-state index is 14.4. The highest BCUT2D eigenvalue weighted by atomic mass is 35.5. The molecule has 0 bridgehead atoms. The van der Waals surface area contributed by atoms with Crippen LogP contribution in [-0.4, -0.2) is 40.4 Å². The van der Waals surface area contributed by atoms with Gasteiger partial charge in [-0.3, -0.25) is 19.1 Å². The second-order valence-corrected chi connectivity index (χ2v) is 11.7. The van der Waals surface area contributed by atoms with Crippen LogP contribution in [0.25, 0.3) is 11.1 Å². The molecule has 0 amide bonds. The van der Waals surface area contributed by atoms with Gasteiger partial charge in [-0.2, -0.15) is 0 Å². The lowest BCUT2D eigenvalue weighted by Gasteiger charge is -2.24. The fourth-order valence-electron chi connectivity index (χ4n) is 4.29. The fourth-order valence-corrected chi connectivity index (χ4v) is 5.67. The van der Waals surface area contributed by atoms with Gasteiger partial charge in [-0.1, -0.05) is 30.7 Å². The van der Waals surface area contributed by atoms with Gasteiger partial charge >= 0.3 is 20.2 Å². The van der Waals surface area contributed by atoms with Gasteiger partial charge in [-0.15, -0.1) is 0 Å². The largest absolute Gasteiger partial charge is 0.462 e. The molecule has 13 heteroatoms. The Morgan fingerprint density at radius 2 is 1.93 bits per heavy atom. The summed E-state index contributed by atoms with van der Waals surface area (Å²) in [5.74, 6) is -0.502. The number of aromatic nitrogens is 2. The number of halogens is 2. The molecule has 220 valence electrons. The first-order chi connectivity index (χ1) is 19.5. The van der Waals surface area contributed by atoms with E-state index in [4.69, 9.17) is 30.1 Å². The Balaban J connectivity index is 1.45. The molecule has 3 aromatic rings. The lowest BCUT2D eigenvalue weighted by Crippen LogP contribution is -2.35. The third-order valence-corrected chi connectivity index (χ3v) is 7.84. The molecule has 10 nitrogen and oxygen atoms in total. The molecule has 0 saturated carbocycles. The Morgan fingerprint density at radius 3 is 2.59 bits per heavy atom. The van der Waals surface area contributed by atoms with Crippen molar-refractivity contribution in [2.75, 3.05) is 6.61 Å². The van der Waals surface area contributed by atoms with Crippen LogP contribution in [0.2, 0.25) is 5.02 Å². The highest BCUT2D eigenvalue weighted by Crippen LogP contribution is 2.40. The van der Waals surface area contributed by atoms with E-state index < -0.39 is 43.8 Å². The van der Waals surface area contributed by atoms with E-state index in [9.17, 15) is 18.8 Å². The molecular formula is C28H32ClFN3O7P. The summed E-state index contributed by atoms with van der Waals surface area (Å²) in [6.45, 7) is 7.21. The van der Waals surface area contributed by atoms with E-state index in [0.717, 1.165) is 0 Å². The minimum Gasteiger partial charge on any atom is -0.462 e. The minimum atomic E-state index is -1.86. The monoisotopic (exact) mass is 607 g/mol. The first kappa shape index (κ1) is 30.9. The molecule has 5 atom stereocenters. The van der Waals surface area contributed by atoms with Crippen molar-refractivity contribution < 1.29 is 27.7 Å². The number of esters is 1. The molecule has 0 spiro atoms. The average Bonchev–Trinajstić information content (AvgIpc) is 3.27. The van der Waals surface area contributed by atoms with E-state index >= 15 is 0 Å². The van der Waals surface area contributed by atoms with E-state index in [-0.39, 0.29) is 24.7 Å². The second kappa shape index (κ2) is 13.7. The minimum absolute atomic E-state index is 0.0342. The number of benzene rings is 2. The third-order valence-electron chi connectivity index (χ3n) is 6.25. The second-order valence-electron chi connectivity index (χ2n) is 10.0. The number of carbonyl (C=O) groups is 1. The normalized spacial score (nSPS) is 20.1. The summed E-state index contributed by atoms with van der Waals surface area (Å²) in [7, 11) is -1.86. The van der Waals surface area contributed by atoms with Gasteiger partial charge in [0.15, 0.2) is 0 Å². The number of H-pyrrole nitrogens is 1. The molecule has 2 heterocycles. The summed E-state index contributed by atoms with van der Waals surface area (Å²) in [4.78, 5) is 38.4. The number of aromatic amines is 1. The fraction of sp³-hybridized carbons (Fsp3) is 0.393. The molecule has 41 heavy (non-hydrogen) atoms. The van der Waals surface area contributed by atoms with E-state index in [1.165, 1.54) is 22.9 Å². The van der Waals surface area contributed by atoms with Crippen molar-refractivity contribution in [1.82, 2.24) is 14.6 Å². The molecule has 2 aromatic carbocycles. The topological polar surface area (TPSA) is 121 Å². The summed E-state index contributed by atoms with van der Waals surface area (Å²) in [5, 5.41) is 3.35. The summed E-state index contributed by atoms with van der Waals surface area (Å²) >= 11 is 5.87. The van der Waals surface area contributed by atoms with Crippen molar-refractivity contribution in [3.05, 3.63) is 86.4 Å². The Hall–Kier alpha value is -3.08. The van der Waals surface area contributed by atoms with Gasteiger partial charge in [0, 0.05) is 28.8 Å². The molecule has 1 aliphatic rings. The molecule has 0 aliphatic carbocycles. The first-order valence-corrected chi connectivity index (χ1v) is 14.7. The van der Waals surface area contributed by atoms with Crippen LogP contribution in [0.15, 0.2) is 64.3 Å². The van der Waals surface area contributed by atoms with Crippen LogP contribution in [-0.2, 0) is 18.8 Å². The third kappa shape index (κ3) is 8.24. The van der Waals surface area contributed by atoms with E-state index in [1.807, 2.05) is 6.92 Å². The van der Waals surface area contributed by atoms with Gasteiger partial charge < -0.3 is 18.5 Å². The van der Waals surface area contributed by atoms with Crippen LogP contribution in [0, 0.1) is 11.7 Å². The predicted octanol–water partition coefficient (Wildman–Crippen LogP) is 5.17. The van der Waals surface area contributed by atoms with Crippen molar-refractivity contribution in [1.29, 1.82) is 0 Å². The van der Waals surface area contributed by atoms with Crippen LogP contribution in [0.3, 0.4) is 0 Å². The lowest BCUT2D eigenvalue weighted by atomic mass is 10.1. The molecule has 1 fully saturated rings. The summed E-state index contributed by atoms with van der Waals surface area (Å²) < 4.78 is 39.2. The SMILES string of the molecule is CC(C)OC(=O)[C@H](C)NP(OCC1CC(C)C(n2ccc(=O)[nH]c2=O)O1)Oc1ccc(-c2ccc(Cl)cc2F)cc1. The van der Waals surface area contributed by atoms with E-state index in [1.54, 1.807) is 57.2 Å². The Kier molecular flexibility index (Phi) is 10.3. The zero-order chi connectivity index (χ0) is 29.7. The van der Waals surface area contributed by atoms with E-state index in [0.29, 0.717) is 28.3 Å². The van der Waals surface area contributed by atoms with Crippen molar-refractivity contribution in [3.8, 4) is 16.9 Å². The molecule has 4 rings (SSSR count). The summed E-state index contributed by atoms with van der Waals surface area (Å²) in [6.07, 6.45) is 0.754. The van der Waals surface area contributed by atoms with Gasteiger partial charge in [0.05, 0.1) is 18.8 Å². The highest BCUT2D eigenvalue weighted by Gasteiger charge is 2.35. The predicted molar refractivity (Wildman–Crippen MR) is 153 cm³/mol. The van der Waals surface area contributed by atoms with Crippen LogP contribution < -0.4 is 20.9 Å². The average molecular weight is 608 g/mol. The maximum absolute atomic E-state index is 14.4. The number of hydrogen-bond acceptors (Lipinski definition) is 8. The number of ether oxygens (including phenoxy) is 2. The van der Waals surface area contributed by atoms with Gasteiger partial charge in [0.25, 0.3) is 5.56 Å². The van der Waals surface area contributed by atoms with Crippen LogP contribution in [0.4, 0.5) is 4.39 Å². The Labute approximate surface area is 242 Å². The van der Waals surface area contributed by atoms with Crippen LogP contribution in [0.1, 0.15) is 40.3 Å². The molecule has 1 aromatic heterocycles. The maximum Gasteiger partial charge on any atom is 0.330 e. The first-order valence-electron chi connectivity index (χ1n) is 13.1. The number of rotatable bonds is 11. The molecule has 1 aliphatic heterocycles. The van der Waals surface area contributed by atoms with Crippen molar-refractivity contribution in [3.63, 3.8) is 0 Å².